The van der Waals surface area contributed by atoms with Crippen molar-refractivity contribution < 1.29 is 4.74 Å². The highest BCUT2D eigenvalue weighted by Gasteiger charge is 2.24. The molecule has 4 aromatic rings. The van der Waals surface area contributed by atoms with Crippen molar-refractivity contribution in [3.05, 3.63) is 81.9 Å². The van der Waals surface area contributed by atoms with Crippen LogP contribution in [0.1, 0.15) is 19.4 Å². The second kappa shape index (κ2) is 9.49. The van der Waals surface area contributed by atoms with Crippen LogP contribution in [-0.4, -0.2) is 21.6 Å². The number of aromatic amines is 1. The van der Waals surface area contributed by atoms with Gasteiger partial charge >= 0.3 is 5.69 Å². The fourth-order valence-corrected chi connectivity index (χ4v) is 4.41. The number of imidazole rings is 1. The summed E-state index contributed by atoms with van der Waals surface area (Å²) in [6.07, 6.45) is 1.65. The summed E-state index contributed by atoms with van der Waals surface area (Å²) in [7, 11) is 3.35. The van der Waals surface area contributed by atoms with E-state index in [4.69, 9.17) is 22.1 Å². The van der Waals surface area contributed by atoms with E-state index in [1.165, 1.54) is 10.1 Å². The van der Waals surface area contributed by atoms with E-state index in [0.29, 0.717) is 16.4 Å². The number of methoxy groups -OCH3 is 1. The van der Waals surface area contributed by atoms with Crippen LogP contribution in [0.4, 0.5) is 5.69 Å². The number of hydrogen-bond donors (Lipinski definition) is 2. The second-order valence-electron chi connectivity index (χ2n) is 7.36. The van der Waals surface area contributed by atoms with Gasteiger partial charge in [0, 0.05) is 24.1 Å². The van der Waals surface area contributed by atoms with Crippen molar-refractivity contribution in [1.29, 1.82) is 0 Å². The lowest BCUT2D eigenvalue weighted by atomic mass is 10.0. The first-order valence-corrected chi connectivity index (χ1v) is 10.8. The van der Waals surface area contributed by atoms with Crippen LogP contribution in [0.25, 0.3) is 11.2 Å². The molecule has 31 heavy (non-hydrogen) atoms. The fraction of sp³-hybridized carbons (Fsp3) is 0.217. The molecule has 0 saturated heterocycles. The Morgan fingerprint density at radius 2 is 1.87 bits per heavy atom. The van der Waals surface area contributed by atoms with E-state index in [1.54, 1.807) is 44.2 Å². The van der Waals surface area contributed by atoms with Gasteiger partial charge in [-0.05, 0) is 37.6 Å². The molecule has 4 rings (SSSR count). The molecule has 162 valence electrons. The number of thioether (sulfide) groups is 1. The maximum absolute atomic E-state index is 11.0. The van der Waals surface area contributed by atoms with Gasteiger partial charge < -0.3 is 10.5 Å². The van der Waals surface area contributed by atoms with Crippen molar-refractivity contribution in [2.24, 2.45) is 7.05 Å². The highest BCUT2D eigenvalue weighted by atomic mass is 35.5. The second-order valence-corrected chi connectivity index (χ2v) is 9.44. The molecular weight excluding hydrogens is 432 g/mol. The van der Waals surface area contributed by atoms with Crippen LogP contribution in [0.3, 0.4) is 0 Å². The zero-order valence-corrected chi connectivity index (χ0v) is 19.4. The van der Waals surface area contributed by atoms with Crippen LogP contribution >= 0.6 is 23.4 Å². The molecule has 0 fully saturated rings. The van der Waals surface area contributed by atoms with Gasteiger partial charge in [0.2, 0.25) is 0 Å². The Kier molecular flexibility index (Phi) is 6.97. The molecule has 2 aromatic carbocycles. The lowest BCUT2D eigenvalue weighted by Gasteiger charge is -2.26. The van der Waals surface area contributed by atoms with Crippen molar-refractivity contribution in [2.75, 3.05) is 12.8 Å². The molecule has 0 radical (unpaired) electrons. The highest BCUT2D eigenvalue weighted by Crippen LogP contribution is 2.46. The monoisotopic (exact) mass is 456 g/mol. The third-order valence-electron chi connectivity index (χ3n) is 4.79. The van der Waals surface area contributed by atoms with E-state index >= 15 is 0 Å². The van der Waals surface area contributed by atoms with Gasteiger partial charge in [0.25, 0.3) is 0 Å². The Hall–Kier alpha value is -2.90. The van der Waals surface area contributed by atoms with Crippen molar-refractivity contribution in [3.63, 3.8) is 0 Å². The average Bonchev–Trinajstić information content (AvgIpc) is 3.05. The molecular formula is C23H25ClN4O2S. The van der Waals surface area contributed by atoms with Gasteiger partial charge in [0.05, 0.1) is 28.2 Å². The van der Waals surface area contributed by atoms with Crippen molar-refractivity contribution in [3.8, 4) is 5.75 Å². The van der Waals surface area contributed by atoms with Gasteiger partial charge in [-0.3, -0.25) is 9.55 Å². The number of anilines is 1. The fourth-order valence-electron chi connectivity index (χ4n) is 3.02. The van der Waals surface area contributed by atoms with E-state index in [9.17, 15) is 4.79 Å². The van der Waals surface area contributed by atoms with Gasteiger partial charge in [-0.25, -0.2) is 9.78 Å². The molecule has 0 saturated carbocycles. The Balaban J connectivity index is 0.000000207. The summed E-state index contributed by atoms with van der Waals surface area (Å²) in [4.78, 5) is 18.6. The van der Waals surface area contributed by atoms with Gasteiger partial charge in [-0.2, -0.15) is 0 Å². The lowest BCUT2D eigenvalue weighted by Crippen LogP contribution is -2.11. The number of nitrogen functional groups attached to an aromatic ring is 1. The Morgan fingerprint density at radius 3 is 2.52 bits per heavy atom. The van der Waals surface area contributed by atoms with Crippen LogP contribution in [0, 0.1) is 0 Å². The first-order valence-electron chi connectivity index (χ1n) is 9.60. The van der Waals surface area contributed by atoms with E-state index in [2.05, 4.69) is 35.9 Å². The smallest absolute Gasteiger partial charge is 0.327 e. The number of ether oxygens (including phenoxy) is 1. The number of fused-ring (bicyclic) bond motifs is 1. The number of nitrogens with two attached hydrogens (primary N) is 1. The van der Waals surface area contributed by atoms with Gasteiger partial charge in [-0.1, -0.05) is 41.9 Å². The largest absolute Gasteiger partial charge is 0.496 e. The van der Waals surface area contributed by atoms with E-state index in [0.717, 1.165) is 16.2 Å². The summed E-state index contributed by atoms with van der Waals surface area (Å²) < 4.78 is 6.84. The van der Waals surface area contributed by atoms with E-state index < -0.39 is 0 Å². The van der Waals surface area contributed by atoms with Crippen molar-refractivity contribution >= 4 is 40.2 Å². The minimum Gasteiger partial charge on any atom is -0.496 e. The molecule has 0 aliphatic rings. The van der Waals surface area contributed by atoms with E-state index in [-0.39, 0.29) is 10.4 Å². The third-order valence-corrected chi connectivity index (χ3v) is 6.41. The summed E-state index contributed by atoms with van der Waals surface area (Å²) >= 11 is 7.75. The summed E-state index contributed by atoms with van der Waals surface area (Å²) in [5, 5.41) is 0.517. The van der Waals surface area contributed by atoms with Gasteiger partial charge in [0.1, 0.15) is 5.75 Å². The molecule has 8 heteroatoms. The molecule has 0 atom stereocenters. The Labute approximate surface area is 190 Å². The number of rotatable bonds is 4. The summed E-state index contributed by atoms with van der Waals surface area (Å²) in [6.45, 7) is 4.36. The minimum atomic E-state index is -0.126. The molecule has 0 amide bonds. The molecule has 6 nitrogen and oxygen atoms in total. The number of benzene rings is 2. The number of pyridine rings is 1. The molecule has 2 heterocycles. The number of hydrogen-bond acceptors (Lipinski definition) is 5. The molecule has 0 aliphatic carbocycles. The SMILES string of the molecule is COc1cc(Cl)c(N)cc1SC(C)(C)c1ccccc1.Cn1c(=O)[nH]c2ncccc21. The van der Waals surface area contributed by atoms with Crippen molar-refractivity contribution in [1.82, 2.24) is 14.5 Å². The zero-order valence-electron chi connectivity index (χ0n) is 17.8. The standard InChI is InChI=1S/C16H18ClNOS.C7H7N3O/c1-16(2,11-7-5-4-6-8-11)20-15-10-13(18)12(17)9-14(15)19-3;1-10-5-3-2-4-8-6(5)9-7(10)11/h4-10H,18H2,1-3H3;2-4H,1H3,(H,8,9,11). The molecule has 0 unspecified atom stereocenters. The predicted octanol–water partition coefficient (Wildman–Crippen LogP) is 5.22. The van der Waals surface area contributed by atoms with Gasteiger partial charge in [0.15, 0.2) is 5.65 Å². The Bertz CT molecular complexity index is 1240. The minimum absolute atomic E-state index is 0.0885. The van der Waals surface area contributed by atoms with Crippen LogP contribution in [-0.2, 0) is 11.8 Å². The molecule has 3 N–H and O–H groups in total. The molecule has 0 bridgehead atoms. The lowest BCUT2D eigenvalue weighted by molar-refractivity contribution is 0.404. The first kappa shape index (κ1) is 22.8. The average molecular weight is 457 g/mol. The number of aryl methyl sites for hydroxylation is 1. The van der Waals surface area contributed by atoms with Crippen LogP contribution in [0.15, 0.2) is 70.5 Å². The summed E-state index contributed by atoms with van der Waals surface area (Å²) in [5.41, 5.74) is 9.06. The van der Waals surface area contributed by atoms with Crippen LogP contribution in [0.2, 0.25) is 5.02 Å². The number of nitrogens with one attached hydrogen (secondary N) is 1. The quantitative estimate of drug-likeness (QED) is 0.325. The first-order chi connectivity index (χ1) is 14.7. The number of nitrogens with zero attached hydrogens (tertiary/aromatic N) is 2. The predicted molar refractivity (Wildman–Crippen MR) is 129 cm³/mol. The third kappa shape index (κ3) is 5.24. The summed E-state index contributed by atoms with van der Waals surface area (Å²) in [5.74, 6) is 0.748. The highest BCUT2D eigenvalue weighted by molar-refractivity contribution is 8.00. The maximum atomic E-state index is 11.0. The number of halogens is 1. The van der Waals surface area contributed by atoms with Gasteiger partial charge in [-0.15, -0.1) is 11.8 Å². The topological polar surface area (TPSA) is 85.9 Å². The maximum Gasteiger partial charge on any atom is 0.327 e. The van der Waals surface area contributed by atoms with Crippen LogP contribution < -0.4 is 16.2 Å². The van der Waals surface area contributed by atoms with Crippen molar-refractivity contribution in [2.45, 2.75) is 23.5 Å². The Morgan fingerprint density at radius 1 is 1.16 bits per heavy atom. The molecule has 0 aliphatic heterocycles. The van der Waals surface area contributed by atoms with E-state index in [1.807, 2.05) is 30.3 Å². The molecule has 2 aromatic heterocycles. The number of H-pyrrole nitrogens is 1. The molecule has 0 spiro atoms. The summed E-state index contributed by atoms with van der Waals surface area (Å²) in [6, 6.07) is 17.6. The number of aromatic nitrogens is 3. The van der Waals surface area contributed by atoms with Crippen LogP contribution in [0.5, 0.6) is 5.75 Å². The zero-order chi connectivity index (χ0) is 22.6. The normalized spacial score (nSPS) is 11.1.